The van der Waals surface area contributed by atoms with E-state index >= 15 is 0 Å². The van der Waals surface area contributed by atoms with Gasteiger partial charge in [-0.15, -0.1) is 0 Å². The minimum absolute atomic E-state index is 0.420. The van der Waals surface area contributed by atoms with Gasteiger partial charge in [0, 0.05) is 36.7 Å². The zero-order valence-corrected chi connectivity index (χ0v) is 10.9. The van der Waals surface area contributed by atoms with Crippen LogP contribution in [0.3, 0.4) is 0 Å². The molecule has 2 rings (SSSR count). The molecule has 1 aromatic rings. The van der Waals surface area contributed by atoms with Crippen LogP contribution in [0.1, 0.15) is 38.2 Å². The van der Waals surface area contributed by atoms with Crippen LogP contribution in [-0.4, -0.2) is 23.6 Å². The second-order valence-electron chi connectivity index (χ2n) is 5.02. The van der Waals surface area contributed by atoms with Crippen molar-refractivity contribution in [2.75, 3.05) is 11.4 Å². The molecule has 94 valence electrons. The van der Waals surface area contributed by atoms with Crippen LogP contribution in [0.4, 0.5) is 5.69 Å². The van der Waals surface area contributed by atoms with Crippen LogP contribution < -0.4 is 10.6 Å². The molecule has 0 aliphatic heterocycles. The Hall–Kier alpha value is -1.09. The summed E-state index contributed by atoms with van der Waals surface area (Å²) in [5.74, 6) is 0. The van der Waals surface area contributed by atoms with Crippen LogP contribution in [0.2, 0.25) is 0 Å². The number of rotatable bonds is 3. The average molecular weight is 233 g/mol. The topological polar surface area (TPSA) is 42.2 Å². The maximum absolute atomic E-state index is 5.98. The van der Waals surface area contributed by atoms with Crippen molar-refractivity contribution in [3.05, 3.63) is 24.0 Å². The Bertz CT molecular complexity index is 356. The van der Waals surface area contributed by atoms with Crippen LogP contribution in [-0.2, 0) is 0 Å². The van der Waals surface area contributed by atoms with Crippen molar-refractivity contribution < 1.29 is 0 Å². The molecular formula is C14H23N3. The first kappa shape index (κ1) is 12.4. The van der Waals surface area contributed by atoms with Crippen molar-refractivity contribution >= 4 is 5.69 Å². The summed E-state index contributed by atoms with van der Waals surface area (Å²) in [6.07, 6.45) is 8.59. The minimum Gasteiger partial charge on any atom is -0.369 e. The van der Waals surface area contributed by atoms with E-state index in [1.807, 2.05) is 12.4 Å². The molecule has 2 N–H and O–H groups in total. The predicted molar refractivity (Wildman–Crippen MR) is 72.2 cm³/mol. The molecule has 1 aliphatic rings. The second-order valence-corrected chi connectivity index (χ2v) is 5.02. The van der Waals surface area contributed by atoms with Crippen LogP contribution >= 0.6 is 0 Å². The lowest BCUT2D eigenvalue weighted by Gasteiger charge is -2.37. The number of hydrogen-bond donors (Lipinski definition) is 1. The third-order valence-electron chi connectivity index (χ3n) is 3.82. The van der Waals surface area contributed by atoms with Gasteiger partial charge in [0.2, 0.25) is 0 Å². The summed E-state index contributed by atoms with van der Waals surface area (Å²) in [6.45, 7) is 5.43. The molecule has 17 heavy (non-hydrogen) atoms. The monoisotopic (exact) mass is 233 g/mol. The molecule has 0 atom stereocenters. The van der Waals surface area contributed by atoms with Crippen LogP contribution in [0.25, 0.3) is 0 Å². The number of aromatic nitrogens is 1. The quantitative estimate of drug-likeness (QED) is 0.872. The van der Waals surface area contributed by atoms with E-state index in [1.165, 1.54) is 24.1 Å². The van der Waals surface area contributed by atoms with Gasteiger partial charge in [0.25, 0.3) is 0 Å². The molecule has 0 saturated heterocycles. The highest BCUT2D eigenvalue weighted by Gasteiger charge is 2.24. The molecule has 3 heteroatoms. The van der Waals surface area contributed by atoms with Gasteiger partial charge in [-0.05, 0) is 51.2 Å². The molecule has 0 aromatic carbocycles. The van der Waals surface area contributed by atoms with Gasteiger partial charge >= 0.3 is 0 Å². The van der Waals surface area contributed by atoms with Crippen LogP contribution in [0, 0.1) is 6.92 Å². The Balaban J connectivity index is 2.14. The van der Waals surface area contributed by atoms with E-state index < -0.39 is 0 Å². The summed E-state index contributed by atoms with van der Waals surface area (Å²) in [5.41, 5.74) is 8.58. The van der Waals surface area contributed by atoms with Crippen molar-refractivity contribution in [2.45, 2.75) is 51.6 Å². The van der Waals surface area contributed by atoms with E-state index in [-0.39, 0.29) is 0 Å². The normalized spacial score (nSPS) is 24.6. The zero-order valence-electron chi connectivity index (χ0n) is 10.9. The van der Waals surface area contributed by atoms with Gasteiger partial charge in [-0.2, -0.15) is 0 Å². The maximum atomic E-state index is 5.98. The third-order valence-corrected chi connectivity index (χ3v) is 3.82. The SMILES string of the molecule is CCN(c1ccncc1C)C1CCC(N)CC1. The molecule has 0 amide bonds. The molecule has 0 unspecified atom stereocenters. The molecule has 1 heterocycles. The molecule has 1 aromatic heterocycles. The molecular weight excluding hydrogens is 210 g/mol. The summed E-state index contributed by atoms with van der Waals surface area (Å²) in [5, 5.41) is 0. The Kier molecular flexibility index (Phi) is 4.00. The molecule has 1 fully saturated rings. The summed E-state index contributed by atoms with van der Waals surface area (Å²) >= 11 is 0. The van der Waals surface area contributed by atoms with E-state index in [4.69, 9.17) is 5.73 Å². The molecule has 0 spiro atoms. The lowest BCUT2D eigenvalue weighted by Crippen LogP contribution is -2.41. The Morgan fingerprint density at radius 1 is 1.35 bits per heavy atom. The Labute approximate surface area is 104 Å². The van der Waals surface area contributed by atoms with Crippen LogP contribution in [0.15, 0.2) is 18.5 Å². The van der Waals surface area contributed by atoms with Gasteiger partial charge in [0.15, 0.2) is 0 Å². The highest BCUT2D eigenvalue weighted by Crippen LogP contribution is 2.28. The van der Waals surface area contributed by atoms with Gasteiger partial charge in [0.1, 0.15) is 0 Å². The standard InChI is InChI=1S/C14H23N3/c1-3-17(13-6-4-12(15)5-7-13)14-8-9-16-10-11(14)2/h8-10,12-13H,3-7,15H2,1-2H3. The van der Waals surface area contributed by atoms with E-state index in [0.717, 1.165) is 19.4 Å². The number of pyridine rings is 1. The molecule has 0 bridgehead atoms. The van der Waals surface area contributed by atoms with E-state index in [9.17, 15) is 0 Å². The fraction of sp³-hybridized carbons (Fsp3) is 0.643. The average Bonchev–Trinajstić information content (AvgIpc) is 2.35. The van der Waals surface area contributed by atoms with Gasteiger partial charge in [-0.3, -0.25) is 4.98 Å². The van der Waals surface area contributed by atoms with Crippen molar-refractivity contribution in [3.8, 4) is 0 Å². The minimum atomic E-state index is 0.420. The number of aryl methyl sites for hydroxylation is 1. The summed E-state index contributed by atoms with van der Waals surface area (Å²) < 4.78 is 0. The zero-order chi connectivity index (χ0) is 12.3. The van der Waals surface area contributed by atoms with Crippen molar-refractivity contribution in [3.63, 3.8) is 0 Å². The van der Waals surface area contributed by atoms with Crippen LogP contribution in [0.5, 0.6) is 0 Å². The molecule has 1 aliphatic carbocycles. The maximum Gasteiger partial charge on any atom is 0.0429 e. The van der Waals surface area contributed by atoms with Crippen molar-refractivity contribution in [2.24, 2.45) is 5.73 Å². The fourth-order valence-electron chi connectivity index (χ4n) is 2.83. The van der Waals surface area contributed by atoms with Gasteiger partial charge in [-0.1, -0.05) is 0 Å². The first-order chi connectivity index (χ1) is 8.22. The van der Waals surface area contributed by atoms with Gasteiger partial charge in [-0.25, -0.2) is 0 Å². The number of anilines is 1. The lowest BCUT2D eigenvalue weighted by atomic mass is 9.90. The van der Waals surface area contributed by atoms with Crippen molar-refractivity contribution in [1.29, 1.82) is 0 Å². The van der Waals surface area contributed by atoms with Gasteiger partial charge < -0.3 is 10.6 Å². The van der Waals surface area contributed by atoms with Crippen molar-refractivity contribution in [1.82, 2.24) is 4.98 Å². The summed E-state index contributed by atoms with van der Waals surface area (Å²) in [4.78, 5) is 6.69. The molecule has 1 saturated carbocycles. The highest BCUT2D eigenvalue weighted by atomic mass is 15.2. The second kappa shape index (κ2) is 5.50. The van der Waals surface area contributed by atoms with Gasteiger partial charge in [0.05, 0.1) is 0 Å². The number of nitrogens with zero attached hydrogens (tertiary/aromatic N) is 2. The Morgan fingerprint density at radius 2 is 2.06 bits per heavy atom. The smallest absolute Gasteiger partial charge is 0.0429 e. The molecule has 0 radical (unpaired) electrons. The number of nitrogens with two attached hydrogens (primary N) is 1. The molecule has 3 nitrogen and oxygen atoms in total. The van der Waals surface area contributed by atoms with E-state index in [1.54, 1.807) is 0 Å². The largest absolute Gasteiger partial charge is 0.369 e. The van der Waals surface area contributed by atoms with E-state index in [0.29, 0.717) is 12.1 Å². The first-order valence-electron chi connectivity index (χ1n) is 6.65. The summed E-state index contributed by atoms with van der Waals surface area (Å²) in [7, 11) is 0. The Morgan fingerprint density at radius 3 is 2.65 bits per heavy atom. The predicted octanol–water partition coefficient (Wildman–Crippen LogP) is 2.49. The fourth-order valence-corrected chi connectivity index (χ4v) is 2.83. The van der Waals surface area contributed by atoms with E-state index in [2.05, 4.69) is 29.8 Å². The number of hydrogen-bond acceptors (Lipinski definition) is 3. The third kappa shape index (κ3) is 2.78. The first-order valence-corrected chi connectivity index (χ1v) is 6.65. The summed E-state index contributed by atoms with van der Waals surface area (Å²) in [6, 6.07) is 3.21. The lowest BCUT2D eigenvalue weighted by molar-refractivity contribution is 0.378. The highest BCUT2D eigenvalue weighted by molar-refractivity contribution is 5.52.